The molecule has 0 fully saturated rings. The first kappa shape index (κ1) is 17.9. The van der Waals surface area contributed by atoms with Crippen LogP contribution in [-0.4, -0.2) is 32.4 Å². The maximum atomic E-state index is 11.8. The predicted molar refractivity (Wildman–Crippen MR) is 96.3 cm³/mol. The van der Waals surface area contributed by atoms with Crippen LogP contribution in [0.15, 0.2) is 24.3 Å². The molecule has 23 heavy (non-hydrogen) atoms. The third kappa shape index (κ3) is 3.90. The summed E-state index contributed by atoms with van der Waals surface area (Å²) in [7, 11) is 0. The van der Waals surface area contributed by atoms with E-state index >= 15 is 0 Å². The summed E-state index contributed by atoms with van der Waals surface area (Å²) in [6, 6.07) is 7.32. The molecule has 0 bridgehead atoms. The molecule has 1 aromatic heterocycles. The lowest BCUT2D eigenvalue weighted by atomic mass is 10.0. The Morgan fingerprint density at radius 3 is 2.61 bits per heavy atom. The van der Waals surface area contributed by atoms with Gasteiger partial charge in [0, 0.05) is 16.7 Å². The van der Waals surface area contributed by atoms with Crippen molar-refractivity contribution in [1.82, 2.24) is 9.78 Å². The highest BCUT2D eigenvalue weighted by molar-refractivity contribution is 7.99. The number of rotatable bonds is 6. The van der Waals surface area contributed by atoms with Crippen LogP contribution in [0.4, 0.5) is 0 Å². The van der Waals surface area contributed by atoms with Gasteiger partial charge in [0.1, 0.15) is 5.56 Å². The molecule has 1 N–H and O–H groups in total. The molecule has 1 unspecified atom stereocenters. The van der Waals surface area contributed by atoms with Crippen LogP contribution in [0.3, 0.4) is 0 Å². The molecule has 1 aromatic carbocycles. The van der Waals surface area contributed by atoms with Gasteiger partial charge < -0.3 is 5.11 Å². The third-order valence-electron chi connectivity index (χ3n) is 3.69. The van der Waals surface area contributed by atoms with Gasteiger partial charge in [-0.3, -0.25) is 0 Å². The summed E-state index contributed by atoms with van der Waals surface area (Å²) in [4.78, 5) is 11.8. The number of benzene rings is 1. The molecule has 0 aliphatic carbocycles. The van der Waals surface area contributed by atoms with Gasteiger partial charge in [-0.2, -0.15) is 16.9 Å². The number of hydrogen-bond donors (Lipinski definition) is 1. The molecule has 0 spiro atoms. The number of nitrogens with zero attached hydrogens (tertiary/aromatic N) is 2. The van der Waals surface area contributed by atoms with E-state index < -0.39 is 5.97 Å². The number of aromatic carboxylic acids is 1. The van der Waals surface area contributed by atoms with E-state index in [4.69, 9.17) is 11.6 Å². The summed E-state index contributed by atoms with van der Waals surface area (Å²) >= 11 is 7.78. The van der Waals surface area contributed by atoms with Crippen LogP contribution in [-0.2, 0) is 6.42 Å². The lowest BCUT2D eigenvalue weighted by Gasteiger charge is -2.11. The molecule has 0 saturated carbocycles. The van der Waals surface area contributed by atoms with Crippen molar-refractivity contribution in [1.29, 1.82) is 0 Å². The van der Waals surface area contributed by atoms with Gasteiger partial charge in [0.05, 0.1) is 17.1 Å². The molecule has 6 heteroatoms. The Labute approximate surface area is 145 Å². The van der Waals surface area contributed by atoms with E-state index in [1.165, 1.54) is 0 Å². The van der Waals surface area contributed by atoms with Crippen molar-refractivity contribution in [2.75, 3.05) is 6.26 Å². The van der Waals surface area contributed by atoms with Gasteiger partial charge in [-0.15, -0.1) is 0 Å². The van der Waals surface area contributed by atoms with Gasteiger partial charge in [0.2, 0.25) is 0 Å². The fourth-order valence-electron chi connectivity index (χ4n) is 2.55. The molecule has 2 aromatic rings. The highest BCUT2D eigenvalue weighted by atomic mass is 35.5. The Bertz CT molecular complexity index is 713. The maximum Gasteiger partial charge on any atom is 0.339 e. The first-order valence-electron chi connectivity index (χ1n) is 7.49. The predicted octanol–water partition coefficient (Wildman–Crippen LogP) is 4.64. The molecule has 1 heterocycles. The number of carboxylic acids is 1. The number of thioether (sulfide) groups is 1. The van der Waals surface area contributed by atoms with Crippen molar-refractivity contribution < 1.29 is 9.90 Å². The van der Waals surface area contributed by atoms with Gasteiger partial charge >= 0.3 is 5.97 Å². The minimum atomic E-state index is -0.926. The van der Waals surface area contributed by atoms with Crippen LogP contribution in [0.25, 0.3) is 5.69 Å². The highest BCUT2D eigenvalue weighted by Crippen LogP contribution is 2.28. The Morgan fingerprint density at radius 2 is 2.09 bits per heavy atom. The fraction of sp³-hybridized carbons (Fsp3) is 0.412. The van der Waals surface area contributed by atoms with Crippen LogP contribution in [0.1, 0.15) is 48.4 Å². The van der Waals surface area contributed by atoms with Crippen molar-refractivity contribution >= 4 is 29.3 Å². The molecule has 0 radical (unpaired) electrons. The van der Waals surface area contributed by atoms with Crippen molar-refractivity contribution in [2.24, 2.45) is 0 Å². The van der Waals surface area contributed by atoms with Crippen molar-refractivity contribution in [3.05, 3.63) is 46.2 Å². The summed E-state index contributed by atoms with van der Waals surface area (Å²) in [5.74, 6) is -0.892. The van der Waals surface area contributed by atoms with Crippen molar-refractivity contribution in [3.8, 4) is 5.69 Å². The van der Waals surface area contributed by atoms with E-state index in [-0.39, 0.29) is 5.92 Å². The second-order valence-corrected chi connectivity index (χ2v) is 7.52. The number of halogens is 1. The molecule has 0 aliphatic rings. The standard InChI is InChI=1S/C17H21ClN2O2S/c1-10(2)16-15(17(21)22)14(8-11(3)23-4)19-20(16)13-7-5-6-12(18)9-13/h5-7,9-11H,8H2,1-4H3,(H,21,22). The summed E-state index contributed by atoms with van der Waals surface area (Å²) in [5.41, 5.74) is 2.44. The van der Waals surface area contributed by atoms with Gasteiger partial charge in [-0.25, -0.2) is 9.48 Å². The lowest BCUT2D eigenvalue weighted by Crippen LogP contribution is -2.09. The average molecular weight is 353 g/mol. The minimum Gasteiger partial charge on any atom is -0.478 e. The van der Waals surface area contributed by atoms with Crippen LogP contribution in [0, 0.1) is 0 Å². The van der Waals surface area contributed by atoms with Crippen LogP contribution in [0.5, 0.6) is 0 Å². The number of aromatic nitrogens is 2. The maximum absolute atomic E-state index is 11.8. The second-order valence-electron chi connectivity index (χ2n) is 5.81. The van der Waals surface area contributed by atoms with E-state index in [2.05, 4.69) is 12.0 Å². The van der Waals surface area contributed by atoms with Crippen molar-refractivity contribution in [3.63, 3.8) is 0 Å². The summed E-state index contributed by atoms with van der Waals surface area (Å²) in [5, 5.41) is 15.2. The quantitative estimate of drug-likeness (QED) is 0.822. The Kier molecular flexibility index (Phi) is 5.76. The summed E-state index contributed by atoms with van der Waals surface area (Å²) < 4.78 is 1.72. The van der Waals surface area contributed by atoms with Gasteiger partial charge in [0.25, 0.3) is 0 Å². The minimum absolute atomic E-state index is 0.0333. The zero-order chi connectivity index (χ0) is 17.1. The normalized spacial score (nSPS) is 12.6. The van der Waals surface area contributed by atoms with Crippen LogP contribution >= 0.6 is 23.4 Å². The fourth-order valence-corrected chi connectivity index (χ4v) is 3.06. The summed E-state index contributed by atoms with van der Waals surface area (Å²) in [6.45, 7) is 6.03. The Balaban J connectivity index is 2.66. The van der Waals surface area contributed by atoms with Crippen LogP contribution < -0.4 is 0 Å². The van der Waals surface area contributed by atoms with Crippen molar-refractivity contribution in [2.45, 2.75) is 38.4 Å². The molecule has 0 aliphatic heterocycles. The SMILES string of the molecule is CSC(C)Cc1nn(-c2cccc(Cl)c2)c(C(C)C)c1C(=O)O. The second kappa shape index (κ2) is 7.41. The molecule has 0 saturated heterocycles. The Morgan fingerprint density at radius 1 is 1.39 bits per heavy atom. The van der Waals surface area contributed by atoms with Gasteiger partial charge in [-0.1, -0.05) is 38.4 Å². The molecular weight excluding hydrogens is 332 g/mol. The van der Waals surface area contributed by atoms with E-state index in [1.54, 1.807) is 28.6 Å². The molecule has 4 nitrogen and oxygen atoms in total. The summed E-state index contributed by atoms with van der Waals surface area (Å²) in [6.07, 6.45) is 2.64. The van der Waals surface area contributed by atoms with Gasteiger partial charge in [-0.05, 0) is 30.4 Å². The zero-order valence-corrected chi connectivity index (χ0v) is 15.3. The molecule has 124 valence electrons. The largest absolute Gasteiger partial charge is 0.478 e. The molecule has 2 rings (SSSR count). The topological polar surface area (TPSA) is 55.1 Å². The van der Waals surface area contributed by atoms with E-state index in [9.17, 15) is 9.90 Å². The monoisotopic (exact) mass is 352 g/mol. The Hall–Kier alpha value is -1.46. The number of carbonyl (C=O) groups is 1. The van der Waals surface area contributed by atoms with Gasteiger partial charge in [0.15, 0.2) is 0 Å². The molecule has 1 atom stereocenters. The first-order chi connectivity index (χ1) is 10.8. The third-order valence-corrected chi connectivity index (χ3v) is 4.90. The lowest BCUT2D eigenvalue weighted by molar-refractivity contribution is 0.0694. The van der Waals surface area contributed by atoms with E-state index in [0.29, 0.717) is 33.6 Å². The average Bonchev–Trinajstić information content (AvgIpc) is 2.86. The highest BCUT2D eigenvalue weighted by Gasteiger charge is 2.26. The van der Waals surface area contributed by atoms with E-state index in [1.807, 2.05) is 32.2 Å². The van der Waals surface area contributed by atoms with E-state index in [0.717, 1.165) is 5.69 Å². The number of hydrogen-bond acceptors (Lipinski definition) is 3. The zero-order valence-electron chi connectivity index (χ0n) is 13.7. The van der Waals surface area contributed by atoms with Crippen LogP contribution in [0.2, 0.25) is 5.02 Å². The number of carboxylic acid groups (broad SMARTS) is 1. The smallest absolute Gasteiger partial charge is 0.339 e. The molecular formula is C17H21ClN2O2S. The molecule has 0 amide bonds. The first-order valence-corrected chi connectivity index (χ1v) is 9.15.